The molecule has 1 aliphatic heterocycles. The van der Waals surface area contributed by atoms with Crippen molar-refractivity contribution in [2.45, 2.75) is 38.7 Å². The van der Waals surface area contributed by atoms with Gasteiger partial charge in [-0.2, -0.15) is 0 Å². The number of pyridine rings is 4. The quantitative estimate of drug-likeness (QED) is 0.138. The van der Waals surface area contributed by atoms with Crippen LogP contribution in [0.25, 0.3) is 34.1 Å². The second-order valence-electron chi connectivity index (χ2n) is 13.2. The summed E-state index contributed by atoms with van der Waals surface area (Å²) in [6, 6.07) is 17.9. The van der Waals surface area contributed by atoms with Crippen molar-refractivity contribution in [2.75, 3.05) is 23.7 Å². The van der Waals surface area contributed by atoms with E-state index < -0.39 is 17.6 Å². The van der Waals surface area contributed by atoms with Crippen molar-refractivity contribution in [3.63, 3.8) is 0 Å². The van der Waals surface area contributed by atoms with Crippen LogP contribution >= 0.6 is 0 Å². The number of hydrogen-bond acceptors (Lipinski definition) is 11. The molecule has 0 unspecified atom stereocenters. The first-order valence-corrected chi connectivity index (χ1v) is 18.2. The Morgan fingerprint density at radius 2 is 1.16 bits per heavy atom. The highest BCUT2D eigenvalue weighted by molar-refractivity contribution is 5.79. The van der Waals surface area contributed by atoms with Crippen molar-refractivity contribution in [3.8, 4) is 23.0 Å². The second kappa shape index (κ2) is 16.1. The summed E-state index contributed by atoms with van der Waals surface area (Å²) in [4.78, 5) is 27.4. The van der Waals surface area contributed by atoms with Gasteiger partial charge in [0.15, 0.2) is 23.3 Å². The number of nitrogens with zero attached hydrogens (tertiary/aromatic N) is 11. The molecule has 8 aromatic rings. The number of aryl methyl sites for hydroxylation is 1. The Morgan fingerprint density at radius 3 is 1.63 bits per heavy atom. The molecule has 288 valence electrons. The number of alkyl halides is 2. The minimum atomic E-state index is -2.61. The highest BCUT2D eigenvalue weighted by atomic mass is 19.3. The van der Waals surface area contributed by atoms with Crippen LogP contribution in [-0.4, -0.2) is 73.0 Å². The molecule has 1 fully saturated rings. The first-order valence-electron chi connectivity index (χ1n) is 18.2. The van der Waals surface area contributed by atoms with E-state index in [0.717, 1.165) is 29.3 Å². The Balaban J connectivity index is 0.000000165. The molecule has 0 aliphatic carbocycles. The Hall–Kier alpha value is -6.88. The van der Waals surface area contributed by atoms with E-state index in [1.54, 1.807) is 45.8 Å². The van der Waals surface area contributed by atoms with Gasteiger partial charge in [-0.05, 0) is 66.1 Å². The van der Waals surface area contributed by atoms with Crippen LogP contribution < -0.4 is 10.6 Å². The summed E-state index contributed by atoms with van der Waals surface area (Å²) in [6.45, 7) is 3.13. The van der Waals surface area contributed by atoms with E-state index >= 15 is 0 Å². The van der Waals surface area contributed by atoms with Gasteiger partial charge in [0.1, 0.15) is 22.4 Å². The Morgan fingerprint density at radius 1 is 0.649 bits per heavy atom. The molecule has 57 heavy (non-hydrogen) atoms. The molecule has 0 atom stereocenters. The fourth-order valence-electron chi connectivity index (χ4n) is 6.46. The third-order valence-corrected chi connectivity index (χ3v) is 9.39. The van der Waals surface area contributed by atoms with Crippen molar-refractivity contribution < 1.29 is 17.6 Å². The molecule has 1 aliphatic rings. The van der Waals surface area contributed by atoms with E-state index in [4.69, 9.17) is 0 Å². The molecule has 9 rings (SSSR count). The highest BCUT2D eigenvalue weighted by Crippen LogP contribution is 2.32. The molecular weight excluding hydrogens is 739 g/mol. The van der Waals surface area contributed by atoms with Gasteiger partial charge >= 0.3 is 0 Å². The molecule has 0 radical (unpaired) electrons. The van der Waals surface area contributed by atoms with E-state index in [1.165, 1.54) is 24.7 Å². The number of rotatable bonds is 9. The molecule has 0 amide bonds. The molecule has 8 aromatic heterocycles. The molecule has 0 saturated carbocycles. The number of fused-ring (bicyclic) bond motifs is 2. The number of nitrogens with one attached hydrogen (secondary N) is 2. The minimum Gasteiger partial charge on any atom is -0.336 e. The number of likely N-dealkylation sites (tertiary alicyclic amines) is 1. The summed E-state index contributed by atoms with van der Waals surface area (Å²) in [5, 5.41) is 15.2. The van der Waals surface area contributed by atoms with Crippen LogP contribution in [0.3, 0.4) is 0 Å². The van der Waals surface area contributed by atoms with Crippen LogP contribution in [0.5, 0.6) is 0 Å². The molecule has 0 spiro atoms. The molecular formula is C40H35F4N13. The van der Waals surface area contributed by atoms with Gasteiger partial charge in [0.25, 0.3) is 5.92 Å². The van der Waals surface area contributed by atoms with Crippen molar-refractivity contribution in [2.24, 2.45) is 0 Å². The van der Waals surface area contributed by atoms with Gasteiger partial charge < -0.3 is 10.6 Å². The lowest BCUT2D eigenvalue weighted by Gasteiger charge is -2.31. The van der Waals surface area contributed by atoms with Gasteiger partial charge in [0, 0.05) is 69.7 Å². The van der Waals surface area contributed by atoms with E-state index in [9.17, 15) is 17.6 Å². The molecule has 9 heterocycles. The standard InChI is InChI=1S/C22H20F3N7.C18H15FN6/c23-16-13-26-9-4-17(16)28-21-19-15(14-31-11-6-22(24,25)7-12-31)5-10-32(19)30-20(29-21)18-3-1-2-8-27-18;1-2-12-7-10-25-16(12)18(22-14-6-9-20-11-13(14)19)23-17(24-25)15-5-3-4-8-21-15/h1-5,8-10,13H,6-7,11-12,14H2,(H,26,28,29,30);3-11H,2H2,1H3,(H,20,22,23,24). The summed E-state index contributed by atoms with van der Waals surface area (Å²) in [7, 11) is 0. The van der Waals surface area contributed by atoms with Gasteiger partial charge in [0.05, 0.1) is 23.8 Å². The number of halogens is 4. The summed E-state index contributed by atoms with van der Waals surface area (Å²) < 4.78 is 58.8. The largest absolute Gasteiger partial charge is 0.336 e. The van der Waals surface area contributed by atoms with Crippen LogP contribution in [0.2, 0.25) is 0 Å². The molecule has 2 N–H and O–H groups in total. The maximum atomic E-state index is 14.3. The van der Waals surface area contributed by atoms with Crippen LogP contribution in [0.4, 0.5) is 40.6 Å². The lowest BCUT2D eigenvalue weighted by atomic mass is 10.1. The summed E-state index contributed by atoms with van der Waals surface area (Å²) >= 11 is 0. The van der Waals surface area contributed by atoms with Crippen LogP contribution in [-0.2, 0) is 13.0 Å². The first kappa shape index (κ1) is 37.1. The van der Waals surface area contributed by atoms with Crippen LogP contribution in [0, 0.1) is 11.6 Å². The molecule has 17 heteroatoms. The van der Waals surface area contributed by atoms with Crippen molar-refractivity contribution >= 4 is 34.0 Å². The Kier molecular flexibility index (Phi) is 10.5. The second-order valence-corrected chi connectivity index (χ2v) is 13.2. The van der Waals surface area contributed by atoms with E-state index in [1.807, 2.05) is 47.5 Å². The fraction of sp³-hybridized carbons (Fsp3) is 0.200. The van der Waals surface area contributed by atoms with Gasteiger partial charge in [-0.1, -0.05) is 19.1 Å². The number of hydrogen-bond donors (Lipinski definition) is 2. The molecule has 0 aromatic carbocycles. The van der Waals surface area contributed by atoms with Crippen molar-refractivity contribution in [1.29, 1.82) is 0 Å². The third-order valence-electron chi connectivity index (χ3n) is 9.39. The van der Waals surface area contributed by atoms with Crippen molar-refractivity contribution in [1.82, 2.24) is 54.0 Å². The third kappa shape index (κ3) is 8.23. The molecule has 13 nitrogen and oxygen atoms in total. The van der Waals surface area contributed by atoms with Crippen LogP contribution in [0.15, 0.2) is 110 Å². The summed E-state index contributed by atoms with van der Waals surface area (Å²) in [6.07, 6.45) is 12.8. The smallest absolute Gasteiger partial charge is 0.250 e. The van der Waals surface area contributed by atoms with Gasteiger partial charge in [0.2, 0.25) is 11.6 Å². The average molecular weight is 774 g/mol. The lowest BCUT2D eigenvalue weighted by Crippen LogP contribution is -2.38. The maximum absolute atomic E-state index is 14.3. The zero-order valence-corrected chi connectivity index (χ0v) is 30.6. The van der Waals surface area contributed by atoms with Crippen molar-refractivity contribution in [3.05, 3.63) is 133 Å². The van der Waals surface area contributed by atoms with Gasteiger partial charge in [-0.25, -0.2) is 36.6 Å². The lowest BCUT2D eigenvalue weighted by molar-refractivity contribution is -0.0565. The normalized spacial score (nSPS) is 14.0. The predicted molar refractivity (Wildman–Crippen MR) is 206 cm³/mol. The van der Waals surface area contributed by atoms with E-state index in [2.05, 4.69) is 57.7 Å². The maximum Gasteiger partial charge on any atom is 0.250 e. The van der Waals surface area contributed by atoms with E-state index in [-0.39, 0.29) is 18.5 Å². The fourth-order valence-corrected chi connectivity index (χ4v) is 6.46. The SMILES string of the molecule is CCc1ccn2nc(-c3ccccn3)nc(Nc3ccncc3F)c12.Fc1cnccc1Nc1nc(-c2ccccn2)nn2ccc(CN3CCC(F)(F)CC3)c12. The number of aromatic nitrogens is 10. The topological polar surface area (TPSA) is 139 Å². The average Bonchev–Trinajstić information content (AvgIpc) is 3.85. The molecule has 0 bridgehead atoms. The van der Waals surface area contributed by atoms with Gasteiger partial charge in [-0.3, -0.25) is 24.8 Å². The predicted octanol–water partition coefficient (Wildman–Crippen LogP) is 7.93. The highest BCUT2D eigenvalue weighted by Gasteiger charge is 2.34. The first-order chi connectivity index (χ1) is 27.7. The van der Waals surface area contributed by atoms with E-state index in [0.29, 0.717) is 65.5 Å². The van der Waals surface area contributed by atoms with Crippen LogP contribution in [0.1, 0.15) is 30.9 Å². The zero-order chi connectivity index (χ0) is 39.4. The minimum absolute atomic E-state index is 0.160. The zero-order valence-electron chi connectivity index (χ0n) is 30.6. The number of piperidine rings is 1. The summed E-state index contributed by atoms with van der Waals surface area (Å²) in [5.41, 5.74) is 5.15. The number of anilines is 4. The molecule has 1 saturated heterocycles. The summed E-state index contributed by atoms with van der Waals surface area (Å²) in [5.74, 6) is -1.81. The Bertz CT molecular complexity index is 2620. The Labute approximate surface area is 323 Å². The monoisotopic (exact) mass is 773 g/mol. The van der Waals surface area contributed by atoms with Gasteiger partial charge in [-0.15, -0.1) is 10.2 Å².